The monoisotopic (exact) mass is 551 g/mol. The number of nitrogens with one attached hydrogen (secondary N) is 2. The van der Waals surface area contributed by atoms with Gasteiger partial charge in [-0.1, -0.05) is 30.3 Å². The molecule has 0 radical (unpaired) electrons. The lowest BCUT2D eigenvalue weighted by Gasteiger charge is -2.17. The molecule has 1 heterocycles. The Balaban J connectivity index is 0.00000420. The van der Waals surface area contributed by atoms with Gasteiger partial charge in [0, 0.05) is 42.9 Å². The molecular weight excluding hydrogens is 518 g/mol. The van der Waals surface area contributed by atoms with Crippen molar-refractivity contribution in [1.82, 2.24) is 15.6 Å². The number of carbonyl (C=O) groups excluding carboxylic acids is 2. The molecule has 39 heavy (non-hydrogen) atoms. The summed E-state index contributed by atoms with van der Waals surface area (Å²) in [6.45, 7) is 2.50. The van der Waals surface area contributed by atoms with Gasteiger partial charge in [-0.15, -0.1) is 0 Å². The van der Waals surface area contributed by atoms with Gasteiger partial charge < -0.3 is 25.6 Å². The molecule has 4 rings (SSSR count). The third-order valence-electron chi connectivity index (χ3n) is 6.12. The topological polar surface area (TPSA) is 139 Å². The number of benzene rings is 3. The van der Waals surface area contributed by atoms with Gasteiger partial charge in [0.15, 0.2) is 6.61 Å². The maximum atomic E-state index is 12.5. The number of hydrazone groups is 1. The van der Waals surface area contributed by atoms with Gasteiger partial charge in [0.05, 0.1) is 19.0 Å². The number of methoxy groups -OCH3 is 1. The van der Waals surface area contributed by atoms with E-state index in [1.165, 1.54) is 37.1 Å². The highest BCUT2D eigenvalue weighted by atomic mass is 32.1. The van der Waals surface area contributed by atoms with Crippen molar-refractivity contribution in [2.24, 2.45) is 5.10 Å². The van der Waals surface area contributed by atoms with Gasteiger partial charge in [0.1, 0.15) is 17.2 Å². The van der Waals surface area contributed by atoms with Crippen LogP contribution in [0.1, 0.15) is 27.9 Å². The number of nitrogen functional groups attached to an aromatic ring is 1. The number of amides is 2. The van der Waals surface area contributed by atoms with E-state index in [4.69, 9.17) is 15.2 Å². The number of ether oxygens (including phenoxy) is 2. The first-order valence-electron chi connectivity index (χ1n) is 12.2. The normalized spacial score (nSPS) is 14.9. The zero-order valence-electron chi connectivity index (χ0n) is 21.6. The lowest BCUT2D eigenvalue weighted by Crippen LogP contribution is -2.39. The number of nitrogens with zero attached hydrogens (tertiary/aromatic N) is 2. The quantitative estimate of drug-likeness (QED) is 0.132. The van der Waals surface area contributed by atoms with Crippen LogP contribution in [0.25, 0.3) is 0 Å². The van der Waals surface area contributed by atoms with E-state index >= 15 is 0 Å². The molecule has 0 aliphatic carbocycles. The molecule has 206 valence electrons. The standard InChI is InChI=1S/C28H31N5O5.H2S/c1-37-26-14-23(9-7-21(26)15-30-32-28(36)20-8-10-25(34)24(29)13-20)38-18-27(35)31-22-11-12-33(17-22)16-19-5-3-2-4-6-19;/h2-10,13-15,22,34H,11-12,16-18,29H2,1H3,(H,31,35)(H,32,36);1H2/b30-15+;. The first-order valence-corrected chi connectivity index (χ1v) is 12.2. The maximum absolute atomic E-state index is 12.5. The lowest BCUT2D eigenvalue weighted by molar-refractivity contribution is -0.123. The molecule has 0 bridgehead atoms. The van der Waals surface area contributed by atoms with Crippen LogP contribution in [-0.4, -0.2) is 60.9 Å². The van der Waals surface area contributed by atoms with Crippen molar-refractivity contribution in [1.29, 1.82) is 0 Å². The number of anilines is 1. The first kappa shape index (κ1) is 29.3. The van der Waals surface area contributed by atoms with E-state index in [0.717, 1.165) is 26.1 Å². The molecule has 1 aliphatic heterocycles. The highest BCUT2D eigenvalue weighted by Crippen LogP contribution is 2.24. The Labute approximate surface area is 234 Å². The fraction of sp³-hybridized carbons (Fsp3) is 0.250. The third kappa shape index (κ3) is 8.39. The van der Waals surface area contributed by atoms with E-state index in [1.54, 1.807) is 18.2 Å². The highest BCUT2D eigenvalue weighted by Gasteiger charge is 2.24. The minimum Gasteiger partial charge on any atom is -0.506 e. The smallest absolute Gasteiger partial charge is 0.271 e. The number of phenols is 1. The van der Waals surface area contributed by atoms with Crippen LogP contribution in [0.5, 0.6) is 17.2 Å². The van der Waals surface area contributed by atoms with Crippen LogP contribution in [0, 0.1) is 0 Å². The summed E-state index contributed by atoms with van der Waals surface area (Å²) in [6, 6.07) is 19.6. The van der Waals surface area contributed by atoms with E-state index in [2.05, 4.69) is 32.9 Å². The van der Waals surface area contributed by atoms with Crippen LogP contribution in [-0.2, 0) is 11.3 Å². The summed E-state index contributed by atoms with van der Waals surface area (Å²) >= 11 is 0. The van der Waals surface area contributed by atoms with Crippen LogP contribution < -0.4 is 25.9 Å². The molecule has 5 N–H and O–H groups in total. The largest absolute Gasteiger partial charge is 0.506 e. The van der Waals surface area contributed by atoms with Gasteiger partial charge in [-0.25, -0.2) is 5.43 Å². The van der Waals surface area contributed by atoms with E-state index in [9.17, 15) is 14.7 Å². The van der Waals surface area contributed by atoms with Crippen molar-refractivity contribution in [2.75, 3.05) is 32.5 Å². The minimum absolute atomic E-state index is 0. The number of phenolic OH excluding ortho intramolecular Hbond substituents is 1. The summed E-state index contributed by atoms with van der Waals surface area (Å²) in [5, 5.41) is 16.5. The SMILES string of the molecule is COc1cc(OCC(=O)NC2CCN(Cc3ccccc3)C2)ccc1/C=N/NC(=O)c1ccc(O)c(N)c1.S. The molecule has 1 unspecified atom stereocenters. The Morgan fingerprint density at radius 3 is 2.69 bits per heavy atom. The van der Waals surface area contributed by atoms with Crippen molar-refractivity contribution < 1.29 is 24.2 Å². The Bertz CT molecular complexity index is 1300. The zero-order valence-corrected chi connectivity index (χ0v) is 22.6. The Morgan fingerprint density at radius 1 is 1.15 bits per heavy atom. The molecule has 0 spiro atoms. The van der Waals surface area contributed by atoms with Crippen molar-refractivity contribution in [2.45, 2.75) is 19.0 Å². The number of carbonyl (C=O) groups is 2. The van der Waals surface area contributed by atoms with E-state index in [1.807, 2.05) is 18.2 Å². The molecule has 1 atom stereocenters. The molecule has 1 fully saturated rings. The average Bonchev–Trinajstić information content (AvgIpc) is 3.36. The summed E-state index contributed by atoms with van der Waals surface area (Å²) in [6.07, 6.45) is 2.33. The highest BCUT2D eigenvalue weighted by molar-refractivity contribution is 7.59. The number of nitrogens with two attached hydrogens (primary N) is 1. The zero-order chi connectivity index (χ0) is 26.9. The van der Waals surface area contributed by atoms with Gasteiger partial charge in [-0.05, 0) is 42.3 Å². The number of rotatable bonds is 10. The van der Waals surface area contributed by atoms with E-state index < -0.39 is 5.91 Å². The van der Waals surface area contributed by atoms with Gasteiger partial charge >= 0.3 is 0 Å². The van der Waals surface area contributed by atoms with Crippen LogP contribution in [0.4, 0.5) is 5.69 Å². The predicted molar refractivity (Wildman–Crippen MR) is 155 cm³/mol. The third-order valence-corrected chi connectivity index (χ3v) is 6.12. The summed E-state index contributed by atoms with van der Waals surface area (Å²) in [7, 11) is 1.50. The van der Waals surface area contributed by atoms with Crippen molar-refractivity contribution >= 4 is 37.2 Å². The van der Waals surface area contributed by atoms with Crippen LogP contribution >= 0.6 is 13.5 Å². The van der Waals surface area contributed by atoms with Gasteiger partial charge in [-0.3, -0.25) is 14.5 Å². The Kier molecular flexibility index (Phi) is 10.6. The fourth-order valence-electron chi connectivity index (χ4n) is 4.16. The second kappa shape index (κ2) is 14.1. The Hall–Kier alpha value is -4.22. The minimum atomic E-state index is -0.483. The molecule has 1 aliphatic rings. The molecule has 3 aromatic carbocycles. The molecule has 0 aromatic heterocycles. The maximum Gasteiger partial charge on any atom is 0.271 e. The van der Waals surface area contributed by atoms with Gasteiger partial charge in [0.25, 0.3) is 11.8 Å². The van der Waals surface area contributed by atoms with E-state index in [0.29, 0.717) is 17.1 Å². The van der Waals surface area contributed by atoms with Crippen molar-refractivity contribution in [3.05, 3.63) is 83.4 Å². The van der Waals surface area contributed by atoms with Crippen LogP contribution in [0.2, 0.25) is 0 Å². The summed E-state index contributed by atoms with van der Waals surface area (Å²) in [5.74, 6) is 0.165. The van der Waals surface area contributed by atoms with Crippen LogP contribution in [0.15, 0.2) is 71.8 Å². The average molecular weight is 552 g/mol. The molecule has 3 aromatic rings. The van der Waals surface area contributed by atoms with Crippen LogP contribution in [0.3, 0.4) is 0 Å². The lowest BCUT2D eigenvalue weighted by atomic mass is 10.2. The second-order valence-corrected chi connectivity index (χ2v) is 8.94. The summed E-state index contributed by atoms with van der Waals surface area (Å²) < 4.78 is 11.1. The number of likely N-dealkylation sites (tertiary alicyclic amines) is 1. The summed E-state index contributed by atoms with van der Waals surface area (Å²) in [5.41, 5.74) is 10.2. The molecule has 2 amide bonds. The number of hydrogen-bond donors (Lipinski definition) is 4. The molecule has 11 heteroatoms. The van der Waals surface area contributed by atoms with Gasteiger partial charge in [-0.2, -0.15) is 18.6 Å². The molecule has 0 saturated carbocycles. The second-order valence-electron chi connectivity index (χ2n) is 8.94. The molecule has 10 nitrogen and oxygen atoms in total. The fourth-order valence-corrected chi connectivity index (χ4v) is 4.16. The molecule has 1 saturated heterocycles. The Morgan fingerprint density at radius 2 is 1.95 bits per heavy atom. The van der Waals surface area contributed by atoms with E-state index in [-0.39, 0.29) is 49.1 Å². The van der Waals surface area contributed by atoms with Crippen molar-refractivity contribution in [3.63, 3.8) is 0 Å². The summed E-state index contributed by atoms with van der Waals surface area (Å²) in [4.78, 5) is 27.0. The predicted octanol–water partition coefficient (Wildman–Crippen LogP) is 2.63. The molecular formula is C28H33N5O5S. The number of hydrogen-bond acceptors (Lipinski definition) is 8. The van der Waals surface area contributed by atoms with Crippen molar-refractivity contribution in [3.8, 4) is 17.2 Å². The van der Waals surface area contributed by atoms with Gasteiger partial charge in [0.2, 0.25) is 0 Å². The number of aromatic hydroxyl groups is 1. The first-order chi connectivity index (χ1) is 18.4.